The van der Waals surface area contributed by atoms with E-state index in [1.807, 2.05) is 6.92 Å². The average Bonchev–Trinajstić information content (AvgIpc) is 2.17. The Balaban J connectivity index is 3.13. The van der Waals surface area contributed by atoms with E-state index in [1.54, 1.807) is 26.0 Å². The van der Waals surface area contributed by atoms with Gasteiger partial charge in [0.2, 0.25) is 0 Å². The molecule has 1 rings (SSSR count). The second-order valence-electron chi connectivity index (χ2n) is 3.86. The zero-order valence-electron chi connectivity index (χ0n) is 9.44. The zero-order valence-corrected chi connectivity index (χ0v) is 11.0. The van der Waals surface area contributed by atoms with Gasteiger partial charge >= 0.3 is 0 Å². The SMILES string of the molecule is Cc1ccc(S(=O)(=O)N=C(Cl)C(C)C)cc1. The highest BCUT2D eigenvalue weighted by molar-refractivity contribution is 7.90. The standard InChI is InChI=1S/C11H14ClNO2S/c1-8(2)11(12)13-16(14,15)10-6-4-9(3)5-7-10/h4-8H,1-3H3. The molecule has 5 heteroatoms. The Morgan fingerprint density at radius 2 is 1.75 bits per heavy atom. The number of sulfonamides is 1. The maximum atomic E-state index is 11.8. The van der Waals surface area contributed by atoms with Gasteiger partial charge in [-0.3, -0.25) is 0 Å². The van der Waals surface area contributed by atoms with Crippen molar-refractivity contribution in [2.75, 3.05) is 0 Å². The van der Waals surface area contributed by atoms with Crippen molar-refractivity contribution in [2.45, 2.75) is 25.7 Å². The Hall–Kier alpha value is -0.870. The van der Waals surface area contributed by atoms with Crippen molar-refractivity contribution in [2.24, 2.45) is 10.3 Å². The van der Waals surface area contributed by atoms with Crippen molar-refractivity contribution in [1.82, 2.24) is 0 Å². The van der Waals surface area contributed by atoms with Gasteiger partial charge in [0.15, 0.2) is 0 Å². The van der Waals surface area contributed by atoms with Crippen LogP contribution in [0.3, 0.4) is 0 Å². The number of rotatable bonds is 3. The molecule has 0 aliphatic heterocycles. The third-order valence-corrected chi connectivity index (χ3v) is 3.93. The lowest BCUT2D eigenvalue weighted by Crippen LogP contribution is -2.05. The summed E-state index contributed by atoms with van der Waals surface area (Å²) < 4.78 is 27.1. The molecule has 0 atom stereocenters. The highest BCUT2D eigenvalue weighted by atomic mass is 35.5. The van der Waals surface area contributed by atoms with Crippen LogP contribution in [-0.4, -0.2) is 13.6 Å². The second-order valence-corrected chi connectivity index (χ2v) is 5.85. The van der Waals surface area contributed by atoms with E-state index in [2.05, 4.69) is 4.40 Å². The molecule has 0 N–H and O–H groups in total. The minimum Gasteiger partial charge on any atom is -0.199 e. The molecule has 0 heterocycles. The highest BCUT2D eigenvalue weighted by Gasteiger charge is 2.14. The predicted octanol–water partition coefficient (Wildman–Crippen LogP) is 2.98. The maximum Gasteiger partial charge on any atom is 0.283 e. The summed E-state index contributed by atoms with van der Waals surface area (Å²) in [5.74, 6) is -0.0955. The van der Waals surface area contributed by atoms with Crippen LogP contribution in [0.25, 0.3) is 0 Å². The van der Waals surface area contributed by atoms with E-state index in [1.165, 1.54) is 12.1 Å². The molecule has 0 unspecified atom stereocenters. The monoisotopic (exact) mass is 259 g/mol. The number of halogens is 1. The van der Waals surface area contributed by atoms with E-state index in [-0.39, 0.29) is 16.0 Å². The quantitative estimate of drug-likeness (QED) is 0.784. The van der Waals surface area contributed by atoms with Gasteiger partial charge in [-0.2, -0.15) is 12.8 Å². The Morgan fingerprint density at radius 3 is 2.19 bits per heavy atom. The van der Waals surface area contributed by atoms with Gasteiger partial charge in [-0.1, -0.05) is 43.1 Å². The van der Waals surface area contributed by atoms with E-state index in [4.69, 9.17) is 11.6 Å². The lowest BCUT2D eigenvalue weighted by Gasteiger charge is -2.03. The van der Waals surface area contributed by atoms with Crippen LogP contribution in [0.1, 0.15) is 19.4 Å². The van der Waals surface area contributed by atoms with Crippen LogP contribution in [-0.2, 0) is 10.0 Å². The van der Waals surface area contributed by atoms with E-state index in [9.17, 15) is 8.42 Å². The van der Waals surface area contributed by atoms with Gasteiger partial charge in [0.25, 0.3) is 10.0 Å². The van der Waals surface area contributed by atoms with Crippen molar-refractivity contribution in [1.29, 1.82) is 0 Å². The van der Waals surface area contributed by atoms with Crippen LogP contribution >= 0.6 is 11.6 Å². The third-order valence-electron chi connectivity index (χ3n) is 2.00. The molecule has 0 bridgehead atoms. The molecule has 0 radical (unpaired) electrons. The summed E-state index contributed by atoms with van der Waals surface area (Å²) in [5.41, 5.74) is 0.998. The fraction of sp³-hybridized carbons (Fsp3) is 0.364. The maximum absolute atomic E-state index is 11.8. The average molecular weight is 260 g/mol. The van der Waals surface area contributed by atoms with Gasteiger partial charge in [-0.15, -0.1) is 0 Å². The first-order valence-corrected chi connectivity index (χ1v) is 6.72. The molecule has 0 fully saturated rings. The lowest BCUT2D eigenvalue weighted by atomic mass is 10.2. The van der Waals surface area contributed by atoms with Crippen LogP contribution in [0.5, 0.6) is 0 Å². The fourth-order valence-corrected chi connectivity index (χ4v) is 2.28. The molecule has 1 aromatic carbocycles. The van der Waals surface area contributed by atoms with E-state index < -0.39 is 10.0 Å². The lowest BCUT2D eigenvalue weighted by molar-refractivity contribution is 0.597. The molecule has 0 saturated heterocycles. The minimum atomic E-state index is -3.67. The largest absolute Gasteiger partial charge is 0.283 e. The van der Waals surface area contributed by atoms with Crippen molar-refractivity contribution >= 4 is 26.8 Å². The summed E-state index contributed by atoms with van der Waals surface area (Å²) in [6, 6.07) is 6.51. The van der Waals surface area contributed by atoms with Gasteiger partial charge in [-0.05, 0) is 19.1 Å². The van der Waals surface area contributed by atoms with Crippen LogP contribution in [0.4, 0.5) is 0 Å². The fourth-order valence-electron chi connectivity index (χ4n) is 0.983. The molecular weight excluding hydrogens is 246 g/mol. The summed E-state index contributed by atoms with van der Waals surface area (Å²) in [6.45, 7) is 5.47. The van der Waals surface area contributed by atoms with Crippen LogP contribution in [0.2, 0.25) is 0 Å². The Kier molecular flexibility index (Phi) is 4.10. The van der Waals surface area contributed by atoms with Crippen molar-refractivity contribution in [3.8, 4) is 0 Å². The topological polar surface area (TPSA) is 46.5 Å². The zero-order chi connectivity index (χ0) is 12.3. The molecule has 0 saturated carbocycles. The highest BCUT2D eigenvalue weighted by Crippen LogP contribution is 2.15. The summed E-state index contributed by atoms with van der Waals surface area (Å²) in [4.78, 5) is 0.164. The normalized spacial score (nSPS) is 13.2. The van der Waals surface area contributed by atoms with Gasteiger partial charge in [0.05, 0.1) is 4.90 Å². The first kappa shape index (κ1) is 13.2. The molecule has 0 aliphatic rings. The van der Waals surface area contributed by atoms with Crippen molar-refractivity contribution in [3.63, 3.8) is 0 Å². The molecule has 0 amide bonds. The van der Waals surface area contributed by atoms with Gasteiger partial charge in [0.1, 0.15) is 5.17 Å². The Bertz CT molecular complexity index is 489. The Morgan fingerprint density at radius 1 is 1.25 bits per heavy atom. The van der Waals surface area contributed by atoms with Gasteiger partial charge < -0.3 is 0 Å². The number of aryl methyl sites for hydroxylation is 1. The van der Waals surface area contributed by atoms with E-state index in [0.717, 1.165) is 5.56 Å². The van der Waals surface area contributed by atoms with Gasteiger partial charge in [0, 0.05) is 5.92 Å². The van der Waals surface area contributed by atoms with Crippen LogP contribution in [0.15, 0.2) is 33.6 Å². The summed E-state index contributed by atoms with van der Waals surface area (Å²) in [7, 11) is -3.67. The van der Waals surface area contributed by atoms with Crippen molar-refractivity contribution in [3.05, 3.63) is 29.8 Å². The van der Waals surface area contributed by atoms with Gasteiger partial charge in [-0.25, -0.2) is 0 Å². The Labute approximate surface area is 101 Å². The number of hydrogen-bond donors (Lipinski definition) is 0. The molecule has 88 valence electrons. The second kappa shape index (κ2) is 4.97. The van der Waals surface area contributed by atoms with Crippen LogP contribution < -0.4 is 0 Å². The molecule has 1 aromatic rings. The number of hydrogen-bond acceptors (Lipinski definition) is 2. The molecule has 0 spiro atoms. The first-order chi connectivity index (χ1) is 7.33. The molecule has 3 nitrogen and oxygen atoms in total. The van der Waals surface area contributed by atoms with Crippen LogP contribution in [0, 0.1) is 12.8 Å². The molecule has 0 aromatic heterocycles. The summed E-state index contributed by atoms with van der Waals surface area (Å²) >= 11 is 5.75. The van der Waals surface area contributed by atoms with E-state index in [0.29, 0.717) is 0 Å². The minimum absolute atomic E-state index is 0.0955. The van der Waals surface area contributed by atoms with Crippen molar-refractivity contribution < 1.29 is 8.42 Å². The third kappa shape index (κ3) is 3.32. The smallest absolute Gasteiger partial charge is 0.199 e. The number of nitrogens with zero attached hydrogens (tertiary/aromatic N) is 1. The predicted molar refractivity (Wildman–Crippen MR) is 66.5 cm³/mol. The first-order valence-electron chi connectivity index (χ1n) is 4.90. The molecular formula is C11H14ClNO2S. The molecule has 16 heavy (non-hydrogen) atoms. The molecule has 0 aliphatic carbocycles. The summed E-state index contributed by atoms with van der Waals surface area (Å²) in [5, 5.41) is 0.0978. The number of benzene rings is 1. The van der Waals surface area contributed by atoms with E-state index >= 15 is 0 Å². The summed E-state index contributed by atoms with van der Waals surface area (Å²) in [6.07, 6.45) is 0.